The number of halogens is 1. The average molecular weight is 239 g/mol. The van der Waals surface area contributed by atoms with E-state index in [2.05, 4.69) is 5.32 Å². The van der Waals surface area contributed by atoms with E-state index in [1.807, 2.05) is 13.8 Å². The summed E-state index contributed by atoms with van der Waals surface area (Å²) in [6.45, 7) is 7.44. The highest BCUT2D eigenvalue weighted by atomic mass is 35.5. The molecule has 0 bridgehead atoms. The Morgan fingerprint density at radius 3 is 2.53 bits per heavy atom. The first-order valence-electron chi connectivity index (χ1n) is 5.19. The first-order valence-corrected chi connectivity index (χ1v) is 5.19. The predicted molar refractivity (Wildman–Crippen MR) is 64.3 cm³/mol. The molecule has 1 amide bonds. The van der Waals surface area contributed by atoms with Gasteiger partial charge in [0.2, 0.25) is 5.91 Å². The quantitative estimate of drug-likeness (QED) is 0.653. The highest BCUT2D eigenvalue weighted by molar-refractivity contribution is 5.85. The molecule has 0 aliphatic heterocycles. The van der Waals surface area contributed by atoms with Crippen molar-refractivity contribution in [3.05, 3.63) is 0 Å². The molecule has 0 aromatic heterocycles. The van der Waals surface area contributed by atoms with Gasteiger partial charge in [-0.2, -0.15) is 0 Å². The number of hydrogen-bond acceptors (Lipinski definition) is 3. The van der Waals surface area contributed by atoms with Crippen molar-refractivity contribution in [1.29, 1.82) is 0 Å². The molecule has 1 atom stereocenters. The molecule has 1 unspecified atom stereocenters. The number of nitrogens with two attached hydrogens (primary N) is 1. The lowest BCUT2D eigenvalue weighted by atomic mass is 9.97. The summed E-state index contributed by atoms with van der Waals surface area (Å²) in [5.41, 5.74) is 5.08. The van der Waals surface area contributed by atoms with Crippen LogP contribution < -0.4 is 11.1 Å². The van der Waals surface area contributed by atoms with Crippen LogP contribution in [-0.2, 0) is 9.53 Å². The Hall–Kier alpha value is -0.320. The maximum atomic E-state index is 11.5. The minimum atomic E-state index is -0.749. The van der Waals surface area contributed by atoms with Gasteiger partial charge in [0, 0.05) is 13.2 Å². The van der Waals surface area contributed by atoms with Crippen LogP contribution in [0, 0.1) is 0 Å². The third-order valence-corrected chi connectivity index (χ3v) is 2.02. The molecule has 0 aromatic carbocycles. The molecule has 4 nitrogen and oxygen atoms in total. The van der Waals surface area contributed by atoms with Gasteiger partial charge in [0.1, 0.15) is 0 Å². The summed E-state index contributed by atoms with van der Waals surface area (Å²) in [5, 5.41) is 2.75. The third kappa shape index (κ3) is 7.59. The largest absolute Gasteiger partial charge is 0.380 e. The Morgan fingerprint density at radius 2 is 2.07 bits per heavy atom. The van der Waals surface area contributed by atoms with Gasteiger partial charge >= 0.3 is 0 Å². The molecule has 0 saturated heterocycles. The molecule has 0 saturated carbocycles. The van der Waals surface area contributed by atoms with E-state index in [4.69, 9.17) is 10.5 Å². The number of ether oxygens (including phenoxy) is 1. The normalized spacial score (nSPS) is 13.9. The van der Waals surface area contributed by atoms with Crippen LogP contribution in [0.5, 0.6) is 0 Å². The average Bonchev–Trinajstić information content (AvgIpc) is 2.12. The Kier molecular flexibility index (Phi) is 10.2. The summed E-state index contributed by atoms with van der Waals surface area (Å²) in [6, 6.07) is 0. The van der Waals surface area contributed by atoms with E-state index >= 15 is 0 Å². The van der Waals surface area contributed by atoms with E-state index in [0.717, 1.165) is 6.42 Å². The summed E-state index contributed by atoms with van der Waals surface area (Å²) in [4.78, 5) is 11.5. The van der Waals surface area contributed by atoms with E-state index in [1.165, 1.54) is 0 Å². The second-order valence-corrected chi connectivity index (χ2v) is 3.62. The molecular weight excluding hydrogens is 216 g/mol. The van der Waals surface area contributed by atoms with Crippen LogP contribution >= 0.6 is 12.4 Å². The summed E-state index contributed by atoms with van der Waals surface area (Å²) in [7, 11) is 0. The molecule has 0 aliphatic carbocycles. The first-order chi connectivity index (χ1) is 6.54. The van der Waals surface area contributed by atoms with Crippen molar-refractivity contribution >= 4 is 18.3 Å². The van der Waals surface area contributed by atoms with Crippen molar-refractivity contribution in [3.8, 4) is 0 Å². The van der Waals surface area contributed by atoms with E-state index in [0.29, 0.717) is 26.2 Å². The van der Waals surface area contributed by atoms with Gasteiger partial charge in [0.25, 0.3) is 0 Å². The van der Waals surface area contributed by atoms with Crippen LogP contribution in [0.15, 0.2) is 0 Å². The number of carbonyl (C=O) groups excluding carboxylic acids is 1. The molecular formula is C10H23ClN2O2. The molecule has 0 heterocycles. The van der Waals surface area contributed by atoms with E-state index in [1.54, 1.807) is 6.92 Å². The first kappa shape index (κ1) is 17.1. The lowest BCUT2D eigenvalue weighted by Crippen LogP contribution is -2.52. The number of carbonyl (C=O) groups is 1. The molecule has 3 N–H and O–H groups in total. The lowest BCUT2D eigenvalue weighted by molar-refractivity contribution is -0.126. The standard InChI is InChI=1S/C10H22N2O2.ClH/c1-4-6-10(3,11)9(13)12-7-8-14-5-2;/h4-8,11H2,1-3H3,(H,12,13);1H. The summed E-state index contributed by atoms with van der Waals surface area (Å²) >= 11 is 0. The Labute approximate surface area is 98.3 Å². The van der Waals surface area contributed by atoms with Crippen molar-refractivity contribution in [2.45, 2.75) is 39.2 Å². The molecule has 0 spiro atoms. The second-order valence-electron chi connectivity index (χ2n) is 3.62. The van der Waals surface area contributed by atoms with Crippen LogP contribution in [0.2, 0.25) is 0 Å². The summed E-state index contributed by atoms with van der Waals surface area (Å²) in [6.07, 6.45) is 1.61. The topological polar surface area (TPSA) is 64.4 Å². The monoisotopic (exact) mass is 238 g/mol. The fourth-order valence-electron chi connectivity index (χ4n) is 1.22. The molecule has 0 radical (unpaired) electrons. The van der Waals surface area contributed by atoms with Crippen molar-refractivity contribution in [2.75, 3.05) is 19.8 Å². The zero-order valence-electron chi connectivity index (χ0n) is 9.84. The lowest BCUT2D eigenvalue weighted by Gasteiger charge is -2.22. The minimum absolute atomic E-state index is 0. The van der Waals surface area contributed by atoms with Crippen LogP contribution in [0.4, 0.5) is 0 Å². The predicted octanol–water partition coefficient (Wildman–Crippen LogP) is 1.08. The van der Waals surface area contributed by atoms with E-state index in [-0.39, 0.29) is 18.3 Å². The number of amides is 1. The zero-order chi connectivity index (χ0) is 11.0. The van der Waals surface area contributed by atoms with Crippen molar-refractivity contribution in [2.24, 2.45) is 5.73 Å². The smallest absolute Gasteiger partial charge is 0.239 e. The van der Waals surface area contributed by atoms with Crippen LogP contribution in [-0.4, -0.2) is 31.2 Å². The minimum Gasteiger partial charge on any atom is -0.380 e. The maximum Gasteiger partial charge on any atom is 0.239 e. The second kappa shape index (κ2) is 8.95. The number of nitrogens with one attached hydrogen (secondary N) is 1. The molecule has 15 heavy (non-hydrogen) atoms. The fraction of sp³-hybridized carbons (Fsp3) is 0.900. The van der Waals surface area contributed by atoms with Crippen molar-refractivity contribution < 1.29 is 9.53 Å². The molecule has 92 valence electrons. The summed E-state index contributed by atoms with van der Waals surface area (Å²) in [5.74, 6) is -0.0981. The molecule has 0 aromatic rings. The molecule has 0 rings (SSSR count). The molecule has 0 aliphatic rings. The van der Waals surface area contributed by atoms with Crippen LogP contribution in [0.3, 0.4) is 0 Å². The number of rotatable bonds is 7. The van der Waals surface area contributed by atoms with E-state index < -0.39 is 5.54 Å². The van der Waals surface area contributed by atoms with Gasteiger partial charge in [-0.25, -0.2) is 0 Å². The Bertz CT molecular complexity index is 175. The van der Waals surface area contributed by atoms with Crippen LogP contribution in [0.1, 0.15) is 33.6 Å². The third-order valence-electron chi connectivity index (χ3n) is 2.02. The Balaban J connectivity index is 0. The van der Waals surface area contributed by atoms with Gasteiger partial charge in [0.05, 0.1) is 12.1 Å². The van der Waals surface area contributed by atoms with Gasteiger partial charge < -0.3 is 15.8 Å². The summed E-state index contributed by atoms with van der Waals surface area (Å²) < 4.78 is 5.10. The molecule has 5 heteroatoms. The fourth-order valence-corrected chi connectivity index (χ4v) is 1.22. The van der Waals surface area contributed by atoms with Crippen molar-refractivity contribution in [1.82, 2.24) is 5.32 Å². The SMILES string of the molecule is CCCC(C)(N)C(=O)NCCOCC.Cl. The highest BCUT2D eigenvalue weighted by Gasteiger charge is 2.26. The molecule has 0 fully saturated rings. The van der Waals surface area contributed by atoms with Gasteiger partial charge in [0.15, 0.2) is 0 Å². The van der Waals surface area contributed by atoms with Crippen LogP contribution in [0.25, 0.3) is 0 Å². The van der Waals surface area contributed by atoms with Gasteiger partial charge in [-0.1, -0.05) is 13.3 Å². The van der Waals surface area contributed by atoms with Crippen molar-refractivity contribution in [3.63, 3.8) is 0 Å². The van der Waals surface area contributed by atoms with Gasteiger partial charge in [-0.15, -0.1) is 12.4 Å². The zero-order valence-corrected chi connectivity index (χ0v) is 10.7. The highest BCUT2D eigenvalue weighted by Crippen LogP contribution is 2.07. The van der Waals surface area contributed by atoms with E-state index in [9.17, 15) is 4.79 Å². The number of hydrogen-bond donors (Lipinski definition) is 2. The maximum absolute atomic E-state index is 11.5. The Morgan fingerprint density at radius 1 is 1.47 bits per heavy atom. The van der Waals surface area contributed by atoms with Gasteiger partial charge in [-0.05, 0) is 20.3 Å². The van der Waals surface area contributed by atoms with Gasteiger partial charge in [-0.3, -0.25) is 4.79 Å².